The van der Waals surface area contributed by atoms with Gasteiger partial charge in [-0.3, -0.25) is 0 Å². The fourth-order valence-electron chi connectivity index (χ4n) is 3.31. The highest BCUT2D eigenvalue weighted by molar-refractivity contribution is 5.42. The molecule has 0 radical (unpaired) electrons. The molecule has 3 heteroatoms. The molecule has 1 unspecified atom stereocenters. The van der Waals surface area contributed by atoms with Gasteiger partial charge in [-0.15, -0.1) is 0 Å². The largest absolute Gasteiger partial charge is 0.497 e. The predicted octanol–water partition coefficient (Wildman–Crippen LogP) is 3.92. The van der Waals surface area contributed by atoms with Crippen molar-refractivity contribution in [3.63, 3.8) is 0 Å². The van der Waals surface area contributed by atoms with Gasteiger partial charge in [-0.1, -0.05) is 26.2 Å². The summed E-state index contributed by atoms with van der Waals surface area (Å²) in [4.78, 5) is 0. The lowest BCUT2D eigenvalue weighted by Gasteiger charge is -2.32. The van der Waals surface area contributed by atoms with Gasteiger partial charge in [-0.05, 0) is 42.9 Å². The van der Waals surface area contributed by atoms with Gasteiger partial charge in [0.15, 0.2) is 0 Å². The Kier molecular flexibility index (Phi) is 5.30. The normalized spacial score (nSPS) is 24.2. The smallest absolute Gasteiger partial charge is 0.123 e. The highest BCUT2D eigenvalue weighted by Crippen LogP contribution is 2.40. The molecule has 1 aromatic carbocycles. The second kappa shape index (κ2) is 6.98. The molecule has 1 aliphatic rings. The fourth-order valence-corrected chi connectivity index (χ4v) is 3.31. The number of ether oxygens (including phenoxy) is 2. The van der Waals surface area contributed by atoms with Crippen molar-refractivity contribution in [1.82, 2.24) is 0 Å². The van der Waals surface area contributed by atoms with Gasteiger partial charge >= 0.3 is 0 Å². The van der Waals surface area contributed by atoms with Crippen LogP contribution in [0.25, 0.3) is 0 Å². The first kappa shape index (κ1) is 15.2. The van der Waals surface area contributed by atoms with Crippen LogP contribution in [0.2, 0.25) is 0 Å². The van der Waals surface area contributed by atoms with Crippen LogP contribution >= 0.6 is 0 Å². The van der Waals surface area contributed by atoms with E-state index in [1.165, 1.54) is 32.1 Å². The van der Waals surface area contributed by atoms with E-state index in [0.717, 1.165) is 23.0 Å². The Balaban J connectivity index is 2.13. The molecule has 112 valence electrons. The van der Waals surface area contributed by atoms with Crippen molar-refractivity contribution in [3.05, 3.63) is 23.8 Å². The maximum Gasteiger partial charge on any atom is 0.123 e. The monoisotopic (exact) mass is 277 g/mol. The van der Waals surface area contributed by atoms with Gasteiger partial charge in [0.1, 0.15) is 11.5 Å². The van der Waals surface area contributed by atoms with Gasteiger partial charge in [-0.25, -0.2) is 0 Å². The number of hydrogen-bond acceptors (Lipinski definition) is 3. The SMILES string of the molecule is CCC1CCC(C(N)c2cc(OC)ccc2OC)CC1. The molecule has 0 spiro atoms. The highest BCUT2D eigenvalue weighted by atomic mass is 16.5. The van der Waals surface area contributed by atoms with Crippen molar-refractivity contribution < 1.29 is 9.47 Å². The minimum Gasteiger partial charge on any atom is -0.497 e. The molecule has 20 heavy (non-hydrogen) atoms. The maximum absolute atomic E-state index is 6.52. The van der Waals surface area contributed by atoms with E-state index in [0.29, 0.717) is 5.92 Å². The molecule has 2 N–H and O–H groups in total. The summed E-state index contributed by atoms with van der Waals surface area (Å²) in [7, 11) is 3.38. The summed E-state index contributed by atoms with van der Waals surface area (Å²) in [6, 6.07) is 5.93. The van der Waals surface area contributed by atoms with Crippen LogP contribution in [0.5, 0.6) is 11.5 Å². The molecule has 1 atom stereocenters. The lowest BCUT2D eigenvalue weighted by molar-refractivity contribution is 0.237. The van der Waals surface area contributed by atoms with Gasteiger partial charge in [0.25, 0.3) is 0 Å². The van der Waals surface area contributed by atoms with Gasteiger partial charge in [0.2, 0.25) is 0 Å². The first-order valence-electron chi connectivity index (χ1n) is 7.67. The van der Waals surface area contributed by atoms with E-state index < -0.39 is 0 Å². The summed E-state index contributed by atoms with van der Waals surface area (Å²) in [5, 5.41) is 0. The van der Waals surface area contributed by atoms with Crippen LogP contribution in [-0.2, 0) is 0 Å². The van der Waals surface area contributed by atoms with Crippen LogP contribution in [-0.4, -0.2) is 14.2 Å². The van der Waals surface area contributed by atoms with Crippen molar-refractivity contribution in [2.45, 2.75) is 45.1 Å². The molecule has 1 fully saturated rings. The van der Waals surface area contributed by atoms with Crippen LogP contribution in [0.4, 0.5) is 0 Å². The average Bonchev–Trinajstić information content (AvgIpc) is 2.53. The van der Waals surface area contributed by atoms with Crippen LogP contribution in [0, 0.1) is 11.8 Å². The van der Waals surface area contributed by atoms with Crippen molar-refractivity contribution in [2.75, 3.05) is 14.2 Å². The third-order valence-corrected chi connectivity index (χ3v) is 4.77. The van der Waals surface area contributed by atoms with E-state index >= 15 is 0 Å². The molecule has 0 aliphatic heterocycles. The quantitative estimate of drug-likeness (QED) is 0.887. The van der Waals surface area contributed by atoms with Gasteiger partial charge in [-0.2, -0.15) is 0 Å². The molecule has 3 nitrogen and oxygen atoms in total. The molecule has 1 aliphatic carbocycles. The Labute approximate surface area is 122 Å². The topological polar surface area (TPSA) is 44.5 Å². The minimum atomic E-state index is 0.0397. The lowest BCUT2D eigenvalue weighted by atomic mass is 9.76. The van der Waals surface area contributed by atoms with Gasteiger partial charge < -0.3 is 15.2 Å². The second-order valence-corrected chi connectivity index (χ2v) is 5.82. The standard InChI is InChI=1S/C17H27NO2/c1-4-12-5-7-13(8-6-12)17(18)15-11-14(19-2)9-10-16(15)20-3/h9-13,17H,4-8,18H2,1-3H3. The van der Waals surface area contributed by atoms with E-state index in [2.05, 4.69) is 6.92 Å². The third-order valence-electron chi connectivity index (χ3n) is 4.77. The lowest BCUT2D eigenvalue weighted by Crippen LogP contribution is -2.26. The van der Waals surface area contributed by atoms with Gasteiger partial charge in [0.05, 0.1) is 14.2 Å². The zero-order chi connectivity index (χ0) is 14.5. The number of methoxy groups -OCH3 is 2. The molecule has 0 heterocycles. The fraction of sp³-hybridized carbons (Fsp3) is 0.647. The summed E-state index contributed by atoms with van der Waals surface area (Å²) >= 11 is 0. The number of rotatable bonds is 5. The van der Waals surface area contributed by atoms with Crippen LogP contribution < -0.4 is 15.2 Å². The maximum atomic E-state index is 6.52. The molecule has 0 bridgehead atoms. The summed E-state index contributed by atoms with van der Waals surface area (Å²) in [6.45, 7) is 2.29. The molecule has 2 rings (SSSR count). The summed E-state index contributed by atoms with van der Waals surface area (Å²) < 4.78 is 10.8. The Morgan fingerprint density at radius 3 is 2.40 bits per heavy atom. The zero-order valence-electron chi connectivity index (χ0n) is 12.9. The minimum absolute atomic E-state index is 0.0397. The number of benzene rings is 1. The van der Waals surface area contributed by atoms with Crippen LogP contribution in [0.1, 0.15) is 50.6 Å². The van der Waals surface area contributed by atoms with Crippen molar-refractivity contribution in [2.24, 2.45) is 17.6 Å². The Bertz CT molecular complexity index is 425. The molecule has 1 saturated carbocycles. The van der Waals surface area contributed by atoms with E-state index in [-0.39, 0.29) is 6.04 Å². The van der Waals surface area contributed by atoms with Crippen LogP contribution in [0.3, 0.4) is 0 Å². The summed E-state index contributed by atoms with van der Waals surface area (Å²) in [5.41, 5.74) is 7.60. The first-order valence-corrected chi connectivity index (χ1v) is 7.67. The number of nitrogens with two attached hydrogens (primary N) is 1. The summed E-state index contributed by atoms with van der Waals surface area (Å²) in [6.07, 6.45) is 6.35. The highest BCUT2D eigenvalue weighted by Gasteiger charge is 2.27. The third kappa shape index (κ3) is 3.26. The van der Waals surface area contributed by atoms with Crippen LogP contribution in [0.15, 0.2) is 18.2 Å². The van der Waals surface area contributed by atoms with Crippen molar-refractivity contribution >= 4 is 0 Å². The van der Waals surface area contributed by atoms with E-state index in [9.17, 15) is 0 Å². The molecule has 0 aromatic heterocycles. The molecular weight excluding hydrogens is 250 g/mol. The van der Waals surface area contributed by atoms with E-state index in [1.54, 1.807) is 14.2 Å². The molecular formula is C17H27NO2. The Morgan fingerprint density at radius 2 is 1.85 bits per heavy atom. The molecule has 0 amide bonds. The Morgan fingerprint density at radius 1 is 1.15 bits per heavy atom. The Hall–Kier alpha value is -1.22. The predicted molar refractivity (Wildman–Crippen MR) is 82.2 cm³/mol. The van der Waals surface area contributed by atoms with E-state index in [1.807, 2.05) is 18.2 Å². The van der Waals surface area contributed by atoms with E-state index in [4.69, 9.17) is 15.2 Å². The van der Waals surface area contributed by atoms with Crippen molar-refractivity contribution in [3.8, 4) is 11.5 Å². The first-order chi connectivity index (χ1) is 9.69. The molecule has 1 aromatic rings. The summed E-state index contributed by atoms with van der Waals surface area (Å²) in [5.74, 6) is 3.17. The molecule has 0 saturated heterocycles. The van der Waals surface area contributed by atoms with Gasteiger partial charge in [0, 0.05) is 11.6 Å². The zero-order valence-corrected chi connectivity index (χ0v) is 12.9. The second-order valence-electron chi connectivity index (χ2n) is 5.82. The van der Waals surface area contributed by atoms with Crippen molar-refractivity contribution in [1.29, 1.82) is 0 Å². The number of hydrogen-bond donors (Lipinski definition) is 1. The average molecular weight is 277 g/mol.